The predicted molar refractivity (Wildman–Crippen MR) is 68.8 cm³/mol. The molecular formula is C16H14. The summed E-state index contributed by atoms with van der Waals surface area (Å²) in [5, 5.41) is 6.07. The lowest BCUT2D eigenvalue weighted by atomic mass is 10.0. The van der Waals surface area contributed by atoms with Crippen LogP contribution in [0, 0.1) is 0 Å². The van der Waals surface area contributed by atoms with Crippen LogP contribution < -0.4 is 10.4 Å². The number of rotatable bonds is 0. The van der Waals surface area contributed by atoms with Crippen LogP contribution >= 0.6 is 0 Å². The summed E-state index contributed by atoms with van der Waals surface area (Å²) in [6.45, 7) is 4.53. The van der Waals surface area contributed by atoms with E-state index in [9.17, 15) is 0 Å². The molecule has 0 spiro atoms. The molecule has 0 N–H and O–H groups in total. The van der Waals surface area contributed by atoms with E-state index >= 15 is 0 Å². The Bertz CT molecular complexity index is 693. The van der Waals surface area contributed by atoms with Gasteiger partial charge in [-0.2, -0.15) is 0 Å². The first-order valence-electron chi connectivity index (χ1n) is 5.99. The second-order valence-electron chi connectivity index (χ2n) is 5.21. The molecule has 0 aromatic heterocycles. The van der Waals surface area contributed by atoms with Crippen molar-refractivity contribution in [2.24, 2.45) is 0 Å². The number of benzene rings is 2. The SMILES string of the molecule is CC1=c2ccc3c4c(ccc(c24)C1)=C(C)C3. The Morgan fingerprint density at radius 2 is 1.12 bits per heavy atom. The van der Waals surface area contributed by atoms with E-state index in [1.54, 1.807) is 10.8 Å². The van der Waals surface area contributed by atoms with Crippen molar-refractivity contribution in [2.45, 2.75) is 26.7 Å². The molecule has 0 nitrogen and oxygen atoms in total. The van der Waals surface area contributed by atoms with E-state index in [4.69, 9.17) is 0 Å². The number of hydrogen-bond donors (Lipinski definition) is 0. The summed E-state index contributed by atoms with van der Waals surface area (Å²) in [6, 6.07) is 9.31. The fourth-order valence-electron chi connectivity index (χ4n) is 3.41. The lowest BCUT2D eigenvalue weighted by molar-refractivity contribution is 1.31. The topological polar surface area (TPSA) is 0 Å². The van der Waals surface area contributed by atoms with Crippen molar-refractivity contribution in [2.75, 3.05) is 0 Å². The number of hydrogen-bond acceptors (Lipinski definition) is 0. The van der Waals surface area contributed by atoms with Crippen molar-refractivity contribution >= 4 is 21.9 Å². The molecule has 0 heteroatoms. The summed E-state index contributed by atoms with van der Waals surface area (Å²) in [5.74, 6) is 0. The molecule has 0 atom stereocenters. The zero-order chi connectivity index (χ0) is 10.9. The predicted octanol–water partition coefficient (Wildman–Crippen LogP) is 2.29. The summed E-state index contributed by atoms with van der Waals surface area (Å²) in [6.07, 6.45) is 2.29. The van der Waals surface area contributed by atoms with Crippen LogP contribution in [0.15, 0.2) is 24.3 Å². The lowest BCUT2D eigenvalue weighted by Crippen LogP contribution is -2.07. The highest BCUT2D eigenvalue weighted by Crippen LogP contribution is 2.28. The molecule has 0 unspecified atom stereocenters. The lowest BCUT2D eigenvalue weighted by Gasteiger charge is -2.02. The highest BCUT2D eigenvalue weighted by atomic mass is 14.2. The first-order valence-corrected chi connectivity index (χ1v) is 5.99. The molecule has 0 aliphatic heterocycles. The third-order valence-corrected chi connectivity index (χ3v) is 4.16. The fourth-order valence-corrected chi connectivity index (χ4v) is 3.41. The maximum absolute atomic E-state index is 2.33. The van der Waals surface area contributed by atoms with Crippen molar-refractivity contribution in [3.05, 3.63) is 45.8 Å². The van der Waals surface area contributed by atoms with E-state index in [2.05, 4.69) is 38.1 Å². The second kappa shape index (κ2) is 2.57. The Morgan fingerprint density at radius 3 is 1.56 bits per heavy atom. The Balaban J connectivity index is 2.44. The van der Waals surface area contributed by atoms with Crippen LogP contribution in [0.5, 0.6) is 0 Å². The normalized spacial score (nSPS) is 16.6. The molecule has 0 saturated heterocycles. The molecule has 4 rings (SSSR count). The van der Waals surface area contributed by atoms with Gasteiger partial charge in [0.05, 0.1) is 0 Å². The van der Waals surface area contributed by atoms with Crippen LogP contribution in [-0.2, 0) is 12.8 Å². The van der Waals surface area contributed by atoms with E-state index in [0.29, 0.717) is 0 Å². The summed E-state index contributed by atoms with van der Waals surface area (Å²) < 4.78 is 0. The molecule has 0 bridgehead atoms. The highest BCUT2D eigenvalue weighted by Gasteiger charge is 2.18. The molecule has 0 radical (unpaired) electrons. The van der Waals surface area contributed by atoms with Crippen LogP contribution in [0.25, 0.3) is 21.9 Å². The largest absolute Gasteiger partial charge is 0.0610 e. The van der Waals surface area contributed by atoms with Gasteiger partial charge in [-0.05, 0) is 59.0 Å². The average molecular weight is 206 g/mol. The Kier molecular flexibility index (Phi) is 1.38. The van der Waals surface area contributed by atoms with Gasteiger partial charge in [-0.3, -0.25) is 0 Å². The van der Waals surface area contributed by atoms with Gasteiger partial charge in [-0.25, -0.2) is 0 Å². The monoisotopic (exact) mass is 206 g/mol. The van der Waals surface area contributed by atoms with E-state index < -0.39 is 0 Å². The summed E-state index contributed by atoms with van der Waals surface area (Å²) in [5.41, 5.74) is 6.12. The zero-order valence-corrected chi connectivity index (χ0v) is 9.72. The van der Waals surface area contributed by atoms with Crippen LogP contribution in [0.2, 0.25) is 0 Å². The molecule has 0 saturated carbocycles. The van der Waals surface area contributed by atoms with Crippen molar-refractivity contribution in [3.63, 3.8) is 0 Å². The molecule has 0 fully saturated rings. The fraction of sp³-hybridized carbons (Fsp3) is 0.250. The molecule has 2 aromatic rings. The average Bonchev–Trinajstić information content (AvgIpc) is 2.75. The van der Waals surface area contributed by atoms with Crippen molar-refractivity contribution in [1.29, 1.82) is 0 Å². The van der Waals surface area contributed by atoms with Gasteiger partial charge in [-0.1, -0.05) is 35.4 Å². The van der Waals surface area contributed by atoms with Gasteiger partial charge in [0.15, 0.2) is 0 Å². The Hall–Kier alpha value is -1.56. The summed E-state index contributed by atoms with van der Waals surface area (Å²) >= 11 is 0. The second-order valence-corrected chi connectivity index (χ2v) is 5.21. The van der Waals surface area contributed by atoms with Gasteiger partial charge in [0.1, 0.15) is 0 Å². The zero-order valence-electron chi connectivity index (χ0n) is 9.72. The van der Waals surface area contributed by atoms with Crippen LogP contribution in [0.4, 0.5) is 0 Å². The van der Waals surface area contributed by atoms with Crippen molar-refractivity contribution in [3.8, 4) is 0 Å². The maximum Gasteiger partial charge on any atom is -0.00543 e. The first-order chi connectivity index (χ1) is 7.75. The smallest absolute Gasteiger partial charge is 0.00543 e. The summed E-state index contributed by atoms with van der Waals surface area (Å²) in [4.78, 5) is 0. The molecule has 78 valence electrons. The van der Waals surface area contributed by atoms with Crippen molar-refractivity contribution < 1.29 is 0 Å². The molecule has 0 heterocycles. The van der Waals surface area contributed by atoms with Crippen LogP contribution in [-0.4, -0.2) is 0 Å². The van der Waals surface area contributed by atoms with Gasteiger partial charge >= 0.3 is 0 Å². The Morgan fingerprint density at radius 1 is 0.688 bits per heavy atom. The molecule has 2 aliphatic carbocycles. The van der Waals surface area contributed by atoms with Gasteiger partial charge in [0, 0.05) is 0 Å². The van der Waals surface area contributed by atoms with E-state index in [1.165, 1.54) is 32.7 Å². The summed E-state index contributed by atoms with van der Waals surface area (Å²) in [7, 11) is 0. The maximum atomic E-state index is 2.33. The molecular weight excluding hydrogens is 192 g/mol. The molecule has 2 aliphatic rings. The Labute approximate surface area is 94.9 Å². The molecule has 0 amide bonds. The van der Waals surface area contributed by atoms with Gasteiger partial charge in [0.2, 0.25) is 0 Å². The molecule has 16 heavy (non-hydrogen) atoms. The third-order valence-electron chi connectivity index (χ3n) is 4.16. The third kappa shape index (κ3) is 0.824. The van der Waals surface area contributed by atoms with E-state index in [0.717, 1.165) is 12.8 Å². The minimum atomic E-state index is 1.15. The van der Waals surface area contributed by atoms with Crippen LogP contribution in [0.3, 0.4) is 0 Å². The minimum Gasteiger partial charge on any atom is -0.0610 e. The van der Waals surface area contributed by atoms with E-state index in [1.807, 2.05) is 0 Å². The van der Waals surface area contributed by atoms with Gasteiger partial charge in [-0.15, -0.1) is 0 Å². The minimum absolute atomic E-state index is 1.15. The quantitative estimate of drug-likeness (QED) is 0.620. The highest BCUT2D eigenvalue weighted by molar-refractivity contribution is 5.97. The van der Waals surface area contributed by atoms with Gasteiger partial charge in [0.25, 0.3) is 0 Å². The first kappa shape index (κ1) is 8.58. The standard InChI is InChI=1S/C16H14/c1-9-7-11-4-6-14-10(2)8-12-3-5-13(9)15(11)16(12)14/h3-6H,7-8H2,1-2H3. The van der Waals surface area contributed by atoms with Gasteiger partial charge < -0.3 is 0 Å². The van der Waals surface area contributed by atoms with Crippen molar-refractivity contribution in [1.82, 2.24) is 0 Å². The molecule has 2 aromatic carbocycles. The van der Waals surface area contributed by atoms with Crippen LogP contribution in [0.1, 0.15) is 25.0 Å². The van der Waals surface area contributed by atoms with E-state index in [-0.39, 0.29) is 0 Å².